The summed E-state index contributed by atoms with van der Waals surface area (Å²) in [5, 5.41) is 19.0. The monoisotopic (exact) mass is 236 g/mol. The molecule has 0 atom stereocenters. The molecule has 68 valence electrons. The van der Waals surface area contributed by atoms with Crippen LogP contribution < -0.4 is 5.48 Å². The molecule has 5 nitrogen and oxygen atoms in total. The summed E-state index contributed by atoms with van der Waals surface area (Å²) in [4.78, 5) is 9.86. The maximum Gasteiger partial charge on any atom is 0.270 e. The maximum atomic E-state index is 10.4. The van der Waals surface area contributed by atoms with Gasteiger partial charge in [0.1, 0.15) is 0 Å². The molecule has 0 unspecified atom stereocenters. The molecule has 0 aliphatic carbocycles. The van der Waals surface area contributed by atoms with Crippen LogP contribution in [0.4, 0.5) is 0 Å². The van der Waals surface area contributed by atoms with Crippen LogP contribution in [0.1, 0.15) is 6.92 Å². The van der Waals surface area contributed by atoms with Crippen LogP contribution >= 0.6 is 15.9 Å². The van der Waals surface area contributed by atoms with Gasteiger partial charge < -0.3 is 0 Å². The van der Waals surface area contributed by atoms with Gasteiger partial charge in [0.05, 0.1) is 4.92 Å². The predicted octanol–water partition coefficient (Wildman–Crippen LogP) is 1.42. The van der Waals surface area contributed by atoms with Gasteiger partial charge in [-0.3, -0.25) is 20.8 Å². The van der Waals surface area contributed by atoms with E-state index in [1.165, 1.54) is 6.08 Å². The van der Waals surface area contributed by atoms with Crippen molar-refractivity contribution in [2.24, 2.45) is 0 Å². The SMILES string of the molecule is C/C(CBr)=C(/C=C\NO)[N+](=O)[O-]. The van der Waals surface area contributed by atoms with E-state index in [4.69, 9.17) is 5.21 Å². The van der Waals surface area contributed by atoms with Crippen molar-refractivity contribution in [3.8, 4) is 0 Å². The largest absolute Gasteiger partial charge is 0.292 e. The van der Waals surface area contributed by atoms with Gasteiger partial charge >= 0.3 is 0 Å². The van der Waals surface area contributed by atoms with Crippen LogP contribution in [0.5, 0.6) is 0 Å². The van der Waals surface area contributed by atoms with Crippen LogP contribution in [0.15, 0.2) is 23.5 Å². The van der Waals surface area contributed by atoms with Gasteiger partial charge in [0, 0.05) is 23.2 Å². The Morgan fingerprint density at radius 1 is 1.83 bits per heavy atom. The lowest BCUT2D eigenvalue weighted by Gasteiger charge is -1.95. The van der Waals surface area contributed by atoms with E-state index >= 15 is 0 Å². The summed E-state index contributed by atoms with van der Waals surface area (Å²) in [5.74, 6) is 0. The predicted molar refractivity (Wildman–Crippen MR) is 47.6 cm³/mol. The Hall–Kier alpha value is -0.880. The van der Waals surface area contributed by atoms with E-state index in [0.29, 0.717) is 10.9 Å². The fraction of sp³-hybridized carbons (Fsp3) is 0.333. The maximum absolute atomic E-state index is 10.4. The van der Waals surface area contributed by atoms with Gasteiger partial charge in [0.2, 0.25) is 0 Å². The lowest BCUT2D eigenvalue weighted by Crippen LogP contribution is -2.02. The zero-order valence-corrected chi connectivity index (χ0v) is 8.04. The van der Waals surface area contributed by atoms with E-state index in [1.54, 1.807) is 12.4 Å². The molecule has 0 rings (SSSR count). The van der Waals surface area contributed by atoms with Crippen LogP contribution in [0, 0.1) is 10.1 Å². The molecular weight excluding hydrogens is 228 g/mol. The second-order valence-corrected chi connectivity index (χ2v) is 2.58. The van der Waals surface area contributed by atoms with Crippen molar-refractivity contribution in [1.29, 1.82) is 0 Å². The van der Waals surface area contributed by atoms with Gasteiger partial charge in [-0.1, -0.05) is 15.9 Å². The number of hydrogen-bond donors (Lipinski definition) is 2. The smallest absolute Gasteiger partial charge is 0.270 e. The number of hydrogen-bond acceptors (Lipinski definition) is 4. The number of hydroxylamine groups is 1. The fourth-order valence-electron chi connectivity index (χ4n) is 0.544. The highest BCUT2D eigenvalue weighted by Gasteiger charge is 2.09. The summed E-state index contributed by atoms with van der Waals surface area (Å²) in [6.07, 6.45) is 2.28. The Balaban J connectivity index is 4.66. The first-order chi connectivity index (χ1) is 5.63. The topological polar surface area (TPSA) is 75.4 Å². The first kappa shape index (κ1) is 11.1. The van der Waals surface area contributed by atoms with Crippen molar-refractivity contribution in [2.75, 3.05) is 5.33 Å². The fourth-order valence-corrected chi connectivity index (χ4v) is 0.831. The normalized spacial score (nSPS) is 12.9. The molecule has 0 aliphatic rings. The highest BCUT2D eigenvalue weighted by molar-refractivity contribution is 9.09. The number of nitro groups is 1. The summed E-state index contributed by atoms with van der Waals surface area (Å²) in [6, 6.07) is 0. The van der Waals surface area contributed by atoms with Crippen LogP contribution in [0.3, 0.4) is 0 Å². The van der Waals surface area contributed by atoms with E-state index < -0.39 is 4.92 Å². The average molecular weight is 237 g/mol. The third-order valence-electron chi connectivity index (χ3n) is 1.15. The van der Waals surface area contributed by atoms with Crippen molar-refractivity contribution in [3.63, 3.8) is 0 Å². The quantitative estimate of drug-likeness (QED) is 0.335. The minimum absolute atomic E-state index is 0.0339. The summed E-state index contributed by atoms with van der Waals surface area (Å²) in [6.45, 7) is 1.63. The van der Waals surface area contributed by atoms with E-state index in [-0.39, 0.29) is 5.70 Å². The Kier molecular flexibility index (Phi) is 5.31. The molecule has 0 saturated carbocycles. The van der Waals surface area contributed by atoms with Crippen LogP contribution in [0.25, 0.3) is 0 Å². The molecule has 0 amide bonds. The standard InChI is InChI=1S/C6H9BrN2O3/c1-5(4-7)6(9(11)12)2-3-8-10/h2-3,8,10H,4H2,1H3/b3-2-,6-5+. The Morgan fingerprint density at radius 3 is 2.75 bits per heavy atom. The minimum atomic E-state index is -0.509. The Bertz CT molecular complexity index is 225. The molecule has 2 N–H and O–H groups in total. The molecule has 0 heterocycles. The zero-order chi connectivity index (χ0) is 9.56. The lowest BCUT2D eigenvalue weighted by atomic mass is 10.2. The molecular formula is C6H9BrN2O3. The van der Waals surface area contributed by atoms with Gasteiger partial charge in [-0.15, -0.1) is 0 Å². The second kappa shape index (κ2) is 5.73. The number of allylic oxidation sites excluding steroid dienone is 2. The Morgan fingerprint density at radius 2 is 2.42 bits per heavy atom. The van der Waals surface area contributed by atoms with Crippen molar-refractivity contribution in [1.82, 2.24) is 5.48 Å². The minimum Gasteiger partial charge on any atom is -0.292 e. The molecule has 6 heteroatoms. The number of nitrogens with zero attached hydrogens (tertiary/aromatic N) is 1. The first-order valence-electron chi connectivity index (χ1n) is 3.09. The highest BCUT2D eigenvalue weighted by atomic mass is 79.9. The molecule has 0 aromatic heterocycles. The summed E-state index contributed by atoms with van der Waals surface area (Å²) in [7, 11) is 0. The van der Waals surface area contributed by atoms with E-state index in [1.807, 2.05) is 0 Å². The zero-order valence-electron chi connectivity index (χ0n) is 6.45. The molecule has 0 spiro atoms. The molecule has 0 aromatic rings. The van der Waals surface area contributed by atoms with E-state index in [0.717, 1.165) is 6.20 Å². The molecule has 0 aliphatic heterocycles. The van der Waals surface area contributed by atoms with Gasteiger partial charge in [0.25, 0.3) is 5.70 Å². The number of rotatable bonds is 4. The number of halogens is 1. The van der Waals surface area contributed by atoms with Crippen LogP contribution in [-0.2, 0) is 0 Å². The van der Waals surface area contributed by atoms with E-state index in [9.17, 15) is 10.1 Å². The Labute approximate surface area is 78.0 Å². The van der Waals surface area contributed by atoms with Gasteiger partial charge in [-0.05, 0) is 6.92 Å². The summed E-state index contributed by atoms with van der Waals surface area (Å²) < 4.78 is 0. The second-order valence-electron chi connectivity index (χ2n) is 2.02. The molecule has 0 radical (unpaired) electrons. The van der Waals surface area contributed by atoms with Gasteiger partial charge in [-0.2, -0.15) is 0 Å². The summed E-state index contributed by atoms with van der Waals surface area (Å²) in [5.41, 5.74) is 2.25. The molecule has 0 saturated heterocycles. The van der Waals surface area contributed by atoms with Crippen molar-refractivity contribution < 1.29 is 10.1 Å². The molecule has 0 fully saturated rings. The van der Waals surface area contributed by atoms with E-state index in [2.05, 4.69) is 15.9 Å². The van der Waals surface area contributed by atoms with Crippen molar-refractivity contribution in [3.05, 3.63) is 33.7 Å². The highest BCUT2D eigenvalue weighted by Crippen LogP contribution is 2.08. The lowest BCUT2D eigenvalue weighted by molar-refractivity contribution is -0.420. The summed E-state index contributed by atoms with van der Waals surface area (Å²) >= 11 is 3.10. The van der Waals surface area contributed by atoms with Crippen LogP contribution in [0.2, 0.25) is 0 Å². The number of alkyl halides is 1. The average Bonchev–Trinajstić information content (AvgIpc) is 2.04. The molecule has 0 bridgehead atoms. The van der Waals surface area contributed by atoms with Gasteiger partial charge in [0.15, 0.2) is 0 Å². The molecule has 0 aromatic carbocycles. The van der Waals surface area contributed by atoms with Gasteiger partial charge in [-0.25, -0.2) is 0 Å². The van der Waals surface area contributed by atoms with Crippen molar-refractivity contribution in [2.45, 2.75) is 6.92 Å². The third kappa shape index (κ3) is 3.49. The first-order valence-corrected chi connectivity index (χ1v) is 4.22. The molecule has 12 heavy (non-hydrogen) atoms. The number of nitrogens with one attached hydrogen (secondary N) is 1. The van der Waals surface area contributed by atoms with Crippen LogP contribution in [-0.4, -0.2) is 15.5 Å². The van der Waals surface area contributed by atoms with Crippen molar-refractivity contribution >= 4 is 15.9 Å². The third-order valence-corrected chi connectivity index (χ3v) is 1.99.